The Morgan fingerprint density at radius 2 is 2.00 bits per heavy atom. The Morgan fingerprint density at radius 3 is 2.68 bits per heavy atom. The zero-order chi connectivity index (χ0) is 26.3. The number of morpholine rings is 1. The lowest BCUT2D eigenvalue weighted by Gasteiger charge is -2.29. The van der Waals surface area contributed by atoms with Gasteiger partial charge in [-0.05, 0) is 32.3 Å². The number of ether oxygens (including phenoxy) is 2. The second-order valence-electron chi connectivity index (χ2n) is 10.3. The Kier molecular flexibility index (Phi) is 6.37. The molecule has 0 bridgehead atoms. The summed E-state index contributed by atoms with van der Waals surface area (Å²) >= 11 is 0. The van der Waals surface area contributed by atoms with E-state index in [4.69, 9.17) is 24.5 Å². The molecule has 2 aliphatic rings. The van der Waals surface area contributed by atoms with E-state index in [1.54, 1.807) is 11.8 Å². The molecule has 10 nitrogen and oxygen atoms in total. The molecule has 1 saturated heterocycles. The van der Waals surface area contributed by atoms with Gasteiger partial charge in [-0.2, -0.15) is 10.2 Å². The second-order valence-corrected chi connectivity index (χ2v) is 10.3. The number of hydrogen-bond donors (Lipinski definition) is 1. The van der Waals surface area contributed by atoms with Gasteiger partial charge in [0.05, 0.1) is 48.5 Å². The molecule has 3 aromatic heterocycles. The molecule has 1 aliphatic heterocycles. The van der Waals surface area contributed by atoms with Crippen LogP contribution in [0.4, 0.5) is 11.5 Å². The predicted molar refractivity (Wildman–Crippen MR) is 149 cm³/mol. The van der Waals surface area contributed by atoms with Crippen molar-refractivity contribution in [2.24, 2.45) is 12.1 Å². The Morgan fingerprint density at radius 1 is 1.18 bits per heavy atom. The first-order valence-corrected chi connectivity index (χ1v) is 13.1. The standard InChI is InChI=1S/C28H34N8O2/c1-19-6-5-7-21(14-19)20(2)32-33-24-15-23(35-10-12-38-13-11-35)25-27(30-24)36(18-28(37-4)8-9-28)26(31-25)22-16-29-34(3)17-22/h5-7,14-17H,8-13,18H2,1-4H3,(H,30,33)/b32-20+. The molecular formula is C28H34N8O2. The number of hydrogen-bond acceptors (Lipinski definition) is 8. The average molecular weight is 515 g/mol. The maximum atomic E-state index is 5.92. The molecule has 4 aromatic rings. The first-order valence-electron chi connectivity index (χ1n) is 13.1. The predicted octanol–water partition coefficient (Wildman–Crippen LogP) is 3.99. The van der Waals surface area contributed by atoms with E-state index in [0.717, 1.165) is 65.4 Å². The highest BCUT2D eigenvalue weighted by molar-refractivity contribution is 5.99. The molecule has 0 atom stereocenters. The lowest BCUT2D eigenvalue weighted by Crippen LogP contribution is -2.36. The molecule has 1 aliphatic carbocycles. The summed E-state index contributed by atoms with van der Waals surface area (Å²) in [6, 6.07) is 10.4. The molecule has 10 heteroatoms. The Balaban J connectivity index is 1.48. The highest BCUT2D eigenvalue weighted by atomic mass is 16.5. The van der Waals surface area contributed by atoms with Crippen molar-refractivity contribution in [3.05, 3.63) is 53.9 Å². The molecule has 2 fully saturated rings. The lowest BCUT2D eigenvalue weighted by atomic mass is 10.1. The minimum absolute atomic E-state index is 0.186. The third-order valence-corrected chi connectivity index (χ3v) is 7.46. The van der Waals surface area contributed by atoms with E-state index in [2.05, 4.69) is 45.1 Å². The van der Waals surface area contributed by atoms with Crippen molar-refractivity contribution < 1.29 is 9.47 Å². The van der Waals surface area contributed by atoms with Crippen LogP contribution in [0.15, 0.2) is 47.8 Å². The molecule has 198 valence electrons. The first kappa shape index (κ1) is 24.6. The van der Waals surface area contributed by atoms with Gasteiger partial charge in [0, 0.05) is 39.5 Å². The third kappa shape index (κ3) is 4.77. The minimum atomic E-state index is -0.186. The summed E-state index contributed by atoms with van der Waals surface area (Å²) in [5, 5.41) is 9.10. The summed E-state index contributed by atoms with van der Waals surface area (Å²) in [5.74, 6) is 1.52. The van der Waals surface area contributed by atoms with Crippen LogP contribution < -0.4 is 10.3 Å². The Bertz CT molecular complexity index is 1490. The highest BCUT2D eigenvalue weighted by Crippen LogP contribution is 2.43. The van der Waals surface area contributed by atoms with Crippen molar-refractivity contribution in [2.75, 3.05) is 43.7 Å². The van der Waals surface area contributed by atoms with Crippen molar-refractivity contribution in [3.8, 4) is 11.4 Å². The number of pyridine rings is 1. The normalized spacial score (nSPS) is 17.3. The molecule has 0 spiro atoms. The summed E-state index contributed by atoms with van der Waals surface area (Å²) in [6.45, 7) is 7.71. The van der Waals surface area contributed by atoms with Crippen LogP contribution in [0.25, 0.3) is 22.6 Å². The Labute approximate surface area is 222 Å². The number of anilines is 2. The fourth-order valence-electron chi connectivity index (χ4n) is 5.01. The van der Waals surface area contributed by atoms with Crippen molar-refractivity contribution in [2.45, 2.75) is 38.8 Å². The SMILES string of the molecule is COC1(Cn2c(-c3cnn(C)c3)nc3c(N4CCOCC4)cc(N/N=C(\C)c4cccc(C)c4)nc32)CC1. The van der Waals surface area contributed by atoms with Crippen LogP contribution in [-0.4, -0.2) is 69.0 Å². The number of nitrogens with one attached hydrogen (secondary N) is 1. The summed E-state index contributed by atoms with van der Waals surface area (Å²) in [5.41, 5.74) is 9.87. The van der Waals surface area contributed by atoms with Crippen LogP contribution in [0.2, 0.25) is 0 Å². The average Bonchev–Trinajstić information content (AvgIpc) is 3.44. The molecule has 0 radical (unpaired) electrons. The van der Waals surface area contributed by atoms with Crippen LogP contribution in [0.1, 0.15) is 30.9 Å². The largest absolute Gasteiger partial charge is 0.378 e. The maximum absolute atomic E-state index is 5.92. The minimum Gasteiger partial charge on any atom is -0.378 e. The molecule has 0 unspecified atom stereocenters. The quantitative estimate of drug-likeness (QED) is 0.281. The van der Waals surface area contributed by atoms with E-state index in [-0.39, 0.29) is 5.60 Å². The van der Waals surface area contributed by atoms with E-state index in [1.165, 1.54) is 5.56 Å². The molecule has 1 saturated carbocycles. The number of benzene rings is 1. The van der Waals surface area contributed by atoms with Crippen molar-refractivity contribution in [1.82, 2.24) is 24.3 Å². The molecule has 1 N–H and O–H groups in total. The molecule has 6 rings (SSSR count). The number of imidazole rings is 1. The number of aromatic nitrogens is 5. The van der Waals surface area contributed by atoms with E-state index >= 15 is 0 Å². The van der Waals surface area contributed by atoms with E-state index < -0.39 is 0 Å². The number of fused-ring (bicyclic) bond motifs is 1. The molecule has 1 aromatic carbocycles. The van der Waals surface area contributed by atoms with Crippen molar-refractivity contribution in [3.63, 3.8) is 0 Å². The summed E-state index contributed by atoms with van der Waals surface area (Å²) in [6.07, 6.45) is 5.88. The Hall–Kier alpha value is -3.76. The van der Waals surface area contributed by atoms with Crippen LogP contribution >= 0.6 is 0 Å². The summed E-state index contributed by atoms with van der Waals surface area (Å²) in [4.78, 5) is 12.5. The lowest BCUT2D eigenvalue weighted by molar-refractivity contribution is 0.0663. The van der Waals surface area contributed by atoms with Crippen molar-refractivity contribution in [1.29, 1.82) is 0 Å². The molecule has 4 heterocycles. The number of methoxy groups -OCH3 is 1. The smallest absolute Gasteiger partial charge is 0.165 e. The third-order valence-electron chi connectivity index (χ3n) is 7.46. The second kappa shape index (κ2) is 9.85. The maximum Gasteiger partial charge on any atom is 0.165 e. The van der Waals surface area contributed by atoms with E-state index in [0.29, 0.717) is 25.6 Å². The zero-order valence-electron chi connectivity index (χ0n) is 22.4. The number of aryl methyl sites for hydroxylation is 2. The van der Waals surface area contributed by atoms with Crippen LogP contribution in [0.5, 0.6) is 0 Å². The van der Waals surface area contributed by atoms with E-state index in [9.17, 15) is 0 Å². The number of nitrogens with zero attached hydrogens (tertiary/aromatic N) is 7. The van der Waals surface area contributed by atoms with Crippen LogP contribution in [-0.2, 0) is 23.1 Å². The zero-order valence-corrected chi connectivity index (χ0v) is 22.4. The monoisotopic (exact) mass is 514 g/mol. The van der Waals surface area contributed by atoms with Gasteiger partial charge in [0.25, 0.3) is 0 Å². The summed E-state index contributed by atoms with van der Waals surface area (Å²) in [7, 11) is 3.71. The highest BCUT2D eigenvalue weighted by Gasteiger charge is 2.44. The van der Waals surface area contributed by atoms with Gasteiger partial charge in [0.15, 0.2) is 11.5 Å². The fraction of sp³-hybridized carbons (Fsp3) is 0.429. The van der Waals surface area contributed by atoms with Gasteiger partial charge in [0.2, 0.25) is 0 Å². The summed E-state index contributed by atoms with van der Waals surface area (Å²) < 4.78 is 15.6. The fourth-order valence-corrected chi connectivity index (χ4v) is 5.01. The molecular weight excluding hydrogens is 480 g/mol. The van der Waals surface area contributed by atoms with Gasteiger partial charge >= 0.3 is 0 Å². The van der Waals surface area contributed by atoms with Gasteiger partial charge in [-0.15, -0.1) is 0 Å². The molecule has 38 heavy (non-hydrogen) atoms. The number of hydrazone groups is 1. The van der Waals surface area contributed by atoms with Crippen LogP contribution in [0.3, 0.4) is 0 Å². The van der Waals surface area contributed by atoms with Gasteiger partial charge < -0.3 is 18.9 Å². The van der Waals surface area contributed by atoms with Crippen molar-refractivity contribution >= 4 is 28.4 Å². The number of rotatable bonds is 8. The van der Waals surface area contributed by atoms with E-state index in [1.807, 2.05) is 38.5 Å². The molecule has 0 amide bonds. The van der Waals surface area contributed by atoms with Gasteiger partial charge in [-0.1, -0.05) is 29.8 Å². The first-order chi connectivity index (χ1) is 18.4. The van der Waals surface area contributed by atoms with Gasteiger partial charge in [-0.3, -0.25) is 10.1 Å². The van der Waals surface area contributed by atoms with Gasteiger partial charge in [0.1, 0.15) is 11.3 Å². The van der Waals surface area contributed by atoms with Gasteiger partial charge in [-0.25, -0.2) is 9.97 Å². The topological polar surface area (TPSA) is 94.6 Å². The van der Waals surface area contributed by atoms with Crippen LogP contribution in [0, 0.1) is 6.92 Å².